The van der Waals surface area contributed by atoms with Crippen LogP contribution >= 0.6 is 11.6 Å². The van der Waals surface area contributed by atoms with E-state index in [0.717, 1.165) is 5.56 Å². The van der Waals surface area contributed by atoms with Crippen LogP contribution in [0.2, 0.25) is 5.02 Å². The third-order valence-electron chi connectivity index (χ3n) is 3.79. The second-order valence-electron chi connectivity index (χ2n) is 5.86. The van der Waals surface area contributed by atoms with Gasteiger partial charge in [-0.3, -0.25) is 4.72 Å². The molecule has 6 heteroatoms. The van der Waals surface area contributed by atoms with Crippen LogP contribution in [-0.4, -0.2) is 13.5 Å². The Morgan fingerprint density at radius 2 is 1.48 bits per heavy atom. The maximum Gasteiger partial charge on any atom is 0.262 e. The summed E-state index contributed by atoms with van der Waals surface area (Å²) in [5.74, 6) is -0.0326. The molecule has 0 unspecified atom stereocenters. The van der Waals surface area contributed by atoms with Crippen LogP contribution in [0, 0.1) is 34.6 Å². The molecule has 2 aromatic carbocycles. The normalized spacial score (nSPS) is 11.6. The molecule has 0 aliphatic rings. The second kappa shape index (κ2) is 6.06. The fourth-order valence-electron chi connectivity index (χ4n) is 2.75. The summed E-state index contributed by atoms with van der Waals surface area (Å²) in [6, 6.07) is 5.25. The number of halogens is 1. The summed E-state index contributed by atoms with van der Waals surface area (Å²) in [6.45, 7) is 8.80. The molecule has 23 heavy (non-hydrogen) atoms. The second-order valence-corrected chi connectivity index (χ2v) is 7.86. The number of aromatic hydroxyl groups is 1. The monoisotopic (exact) mass is 353 g/mol. The van der Waals surface area contributed by atoms with E-state index in [4.69, 9.17) is 11.6 Å². The van der Waals surface area contributed by atoms with Crippen molar-refractivity contribution in [1.29, 1.82) is 0 Å². The summed E-state index contributed by atoms with van der Waals surface area (Å²) in [7, 11) is -3.75. The van der Waals surface area contributed by atoms with E-state index in [1.54, 1.807) is 33.8 Å². The average Bonchev–Trinajstić information content (AvgIpc) is 2.40. The SMILES string of the molecule is Cc1cc(C)c(S(=O)(=O)Nc2cc(C)c(O)c(Cl)c2C)c(C)c1. The van der Waals surface area contributed by atoms with E-state index in [0.29, 0.717) is 27.9 Å². The third kappa shape index (κ3) is 3.31. The first-order valence-electron chi connectivity index (χ1n) is 7.14. The van der Waals surface area contributed by atoms with Gasteiger partial charge in [-0.25, -0.2) is 8.42 Å². The first kappa shape index (κ1) is 17.6. The van der Waals surface area contributed by atoms with Crippen LogP contribution in [0.1, 0.15) is 27.8 Å². The van der Waals surface area contributed by atoms with Crippen molar-refractivity contribution in [2.24, 2.45) is 0 Å². The Balaban J connectivity index is 2.57. The molecule has 0 aliphatic heterocycles. The van der Waals surface area contributed by atoms with E-state index < -0.39 is 10.0 Å². The highest BCUT2D eigenvalue weighted by Crippen LogP contribution is 2.36. The number of rotatable bonds is 3. The summed E-state index contributed by atoms with van der Waals surface area (Å²) >= 11 is 6.06. The molecule has 0 saturated heterocycles. The molecule has 4 nitrogen and oxygen atoms in total. The Morgan fingerprint density at radius 3 is 2.00 bits per heavy atom. The Morgan fingerprint density at radius 1 is 0.957 bits per heavy atom. The lowest BCUT2D eigenvalue weighted by atomic mass is 10.1. The quantitative estimate of drug-likeness (QED) is 0.804. The first-order valence-corrected chi connectivity index (χ1v) is 9.00. The van der Waals surface area contributed by atoms with Gasteiger partial charge in [0.05, 0.1) is 15.6 Å². The Hall–Kier alpha value is -1.72. The van der Waals surface area contributed by atoms with Gasteiger partial charge in [0.2, 0.25) is 0 Å². The van der Waals surface area contributed by atoms with Gasteiger partial charge in [-0.05, 0) is 62.9 Å². The summed E-state index contributed by atoms with van der Waals surface area (Å²) in [5, 5.41) is 9.99. The zero-order chi connectivity index (χ0) is 17.5. The van der Waals surface area contributed by atoms with E-state index in [2.05, 4.69) is 4.72 Å². The zero-order valence-corrected chi connectivity index (χ0v) is 15.4. The summed E-state index contributed by atoms with van der Waals surface area (Å²) in [4.78, 5) is 0.268. The molecule has 2 aromatic rings. The molecule has 0 saturated carbocycles. The van der Waals surface area contributed by atoms with Crippen LogP contribution in [0.25, 0.3) is 0 Å². The van der Waals surface area contributed by atoms with E-state index in [1.807, 2.05) is 19.1 Å². The maximum absolute atomic E-state index is 12.8. The molecule has 2 N–H and O–H groups in total. The van der Waals surface area contributed by atoms with Gasteiger partial charge < -0.3 is 5.11 Å². The number of phenols is 1. The maximum atomic E-state index is 12.8. The minimum atomic E-state index is -3.75. The van der Waals surface area contributed by atoms with Gasteiger partial charge in [-0.2, -0.15) is 0 Å². The highest BCUT2D eigenvalue weighted by atomic mass is 35.5. The Bertz CT molecular complexity index is 866. The van der Waals surface area contributed by atoms with Crippen molar-refractivity contribution in [2.75, 3.05) is 4.72 Å². The van der Waals surface area contributed by atoms with Crippen LogP contribution < -0.4 is 4.72 Å². The van der Waals surface area contributed by atoms with Gasteiger partial charge in [0, 0.05) is 0 Å². The van der Waals surface area contributed by atoms with Gasteiger partial charge >= 0.3 is 0 Å². The molecule has 2 rings (SSSR count). The lowest BCUT2D eigenvalue weighted by molar-refractivity contribution is 0.471. The average molecular weight is 354 g/mol. The van der Waals surface area contributed by atoms with Crippen LogP contribution in [0.3, 0.4) is 0 Å². The number of hydrogen-bond donors (Lipinski definition) is 2. The zero-order valence-electron chi connectivity index (χ0n) is 13.8. The molecule has 0 bridgehead atoms. The van der Waals surface area contributed by atoms with Crippen molar-refractivity contribution in [3.63, 3.8) is 0 Å². The smallest absolute Gasteiger partial charge is 0.262 e. The molecule has 0 fully saturated rings. The van der Waals surface area contributed by atoms with Crippen molar-refractivity contribution in [3.05, 3.63) is 51.0 Å². The van der Waals surface area contributed by atoms with Gasteiger partial charge in [-0.1, -0.05) is 29.3 Å². The van der Waals surface area contributed by atoms with Gasteiger partial charge in [0.15, 0.2) is 0 Å². The topological polar surface area (TPSA) is 66.4 Å². The number of sulfonamides is 1. The Labute approximate surface area is 142 Å². The number of aryl methyl sites for hydroxylation is 4. The van der Waals surface area contributed by atoms with E-state index in [-0.39, 0.29) is 15.7 Å². The van der Waals surface area contributed by atoms with Crippen molar-refractivity contribution in [1.82, 2.24) is 0 Å². The largest absolute Gasteiger partial charge is 0.506 e. The Kier molecular flexibility index (Phi) is 4.64. The van der Waals surface area contributed by atoms with Crippen LogP contribution in [0.4, 0.5) is 5.69 Å². The molecule has 124 valence electrons. The van der Waals surface area contributed by atoms with Crippen molar-refractivity contribution < 1.29 is 13.5 Å². The fourth-order valence-corrected chi connectivity index (χ4v) is 4.57. The summed E-state index contributed by atoms with van der Waals surface area (Å²) in [6.07, 6.45) is 0. The lowest BCUT2D eigenvalue weighted by Crippen LogP contribution is -2.17. The number of nitrogens with one attached hydrogen (secondary N) is 1. The lowest BCUT2D eigenvalue weighted by Gasteiger charge is -2.17. The first-order chi connectivity index (χ1) is 10.5. The van der Waals surface area contributed by atoms with Gasteiger partial charge in [0.25, 0.3) is 10.0 Å². The third-order valence-corrected chi connectivity index (χ3v) is 5.93. The molecule has 0 aliphatic carbocycles. The fraction of sp³-hybridized carbons (Fsp3) is 0.294. The molecule has 0 radical (unpaired) electrons. The van der Waals surface area contributed by atoms with Crippen molar-refractivity contribution >= 4 is 27.3 Å². The minimum Gasteiger partial charge on any atom is -0.506 e. The minimum absolute atomic E-state index is 0.0326. The predicted molar refractivity (Wildman–Crippen MR) is 94.1 cm³/mol. The van der Waals surface area contributed by atoms with E-state index in [1.165, 1.54) is 0 Å². The molecule has 0 atom stereocenters. The van der Waals surface area contributed by atoms with Crippen molar-refractivity contribution in [3.8, 4) is 5.75 Å². The van der Waals surface area contributed by atoms with E-state index >= 15 is 0 Å². The van der Waals surface area contributed by atoms with Crippen LogP contribution in [0.15, 0.2) is 23.1 Å². The molecular weight excluding hydrogens is 334 g/mol. The molecule has 0 heterocycles. The predicted octanol–water partition coefficient (Wildman–Crippen LogP) is 4.39. The highest BCUT2D eigenvalue weighted by Gasteiger charge is 2.22. The van der Waals surface area contributed by atoms with Gasteiger partial charge in [0.1, 0.15) is 5.75 Å². The molecular formula is C17H20ClNO3S. The van der Waals surface area contributed by atoms with Crippen LogP contribution in [0.5, 0.6) is 5.75 Å². The molecule has 0 spiro atoms. The molecule has 0 aromatic heterocycles. The molecule has 0 amide bonds. The van der Waals surface area contributed by atoms with Gasteiger partial charge in [-0.15, -0.1) is 0 Å². The standard InChI is InChI=1S/C17H20ClNO3S/c1-9-6-11(3)17(12(4)7-9)23(21,22)19-14-8-10(2)16(20)15(18)13(14)5/h6-8,19-20H,1-5H3. The number of anilines is 1. The number of phenolic OH excluding ortho intramolecular Hbond substituents is 1. The number of benzene rings is 2. The van der Waals surface area contributed by atoms with Crippen LogP contribution in [-0.2, 0) is 10.0 Å². The highest BCUT2D eigenvalue weighted by molar-refractivity contribution is 7.92. The number of hydrogen-bond acceptors (Lipinski definition) is 3. The summed E-state index contributed by atoms with van der Waals surface area (Å²) in [5.41, 5.74) is 3.75. The van der Waals surface area contributed by atoms with Crippen molar-refractivity contribution in [2.45, 2.75) is 39.5 Å². The van der Waals surface area contributed by atoms with E-state index in [9.17, 15) is 13.5 Å². The summed E-state index contributed by atoms with van der Waals surface area (Å²) < 4.78 is 28.2.